The van der Waals surface area contributed by atoms with Gasteiger partial charge in [-0.15, -0.1) is 0 Å². The molecule has 2 heteroatoms. The molecule has 1 N–H and O–H groups in total. The molecule has 0 aromatic rings. The molecule has 0 spiro atoms. The Bertz CT molecular complexity index is 191. The van der Waals surface area contributed by atoms with Crippen molar-refractivity contribution >= 4 is 0 Å². The Hall–Kier alpha value is -0.0800. The van der Waals surface area contributed by atoms with Gasteiger partial charge in [-0.2, -0.15) is 0 Å². The summed E-state index contributed by atoms with van der Waals surface area (Å²) in [6.07, 6.45) is 8.82. The van der Waals surface area contributed by atoms with E-state index in [1.165, 1.54) is 51.6 Å². The van der Waals surface area contributed by atoms with Gasteiger partial charge in [-0.3, -0.25) is 4.90 Å². The highest BCUT2D eigenvalue weighted by Gasteiger charge is 2.33. The van der Waals surface area contributed by atoms with Crippen LogP contribution in [0.15, 0.2) is 0 Å². The highest BCUT2D eigenvalue weighted by atomic mass is 15.2. The van der Waals surface area contributed by atoms with Crippen LogP contribution < -0.4 is 5.32 Å². The van der Waals surface area contributed by atoms with Crippen molar-refractivity contribution in [3.63, 3.8) is 0 Å². The zero-order valence-electron chi connectivity index (χ0n) is 10.3. The summed E-state index contributed by atoms with van der Waals surface area (Å²) in [7, 11) is 2.08. The SMILES string of the molecule is CNC(C)CN1CCCC2CCCCC21. The fourth-order valence-corrected chi connectivity index (χ4v) is 3.40. The number of nitrogens with zero attached hydrogens (tertiary/aromatic N) is 1. The Morgan fingerprint density at radius 3 is 2.73 bits per heavy atom. The number of fused-ring (bicyclic) bond motifs is 1. The minimum atomic E-state index is 0.644. The van der Waals surface area contributed by atoms with Crippen LogP contribution in [0.4, 0.5) is 0 Å². The molecule has 2 fully saturated rings. The van der Waals surface area contributed by atoms with Gasteiger partial charge >= 0.3 is 0 Å². The quantitative estimate of drug-likeness (QED) is 0.768. The lowest BCUT2D eigenvalue weighted by Crippen LogP contribution is -2.50. The van der Waals surface area contributed by atoms with Crippen LogP contribution in [0.25, 0.3) is 0 Å². The van der Waals surface area contributed by atoms with E-state index in [9.17, 15) is 0 Å². The smallest absolute Gasteiger partial charge is 0.0163 e. The molecule has 2 rings (SSSR count). The summed E-state index contributed by atoms with van der Waals surface area (Å²) >= 11 is 0. The number of hydrogen-bond donors (Lipinski definition) is 1. The van der Waals surface area contributed by atoms with Crippen molar-refractivity contribution in [1.82, 2.24) is 10.2 Å². The van der Waals surface area contributed by atoms with Crippen molar-refractivity contribution in [2.24, 2.45) is 5.92 Å². The lowest BCUT2D eigenvalue weighted by atomic mass is 9.78. The molecule has 3 unspecified atom stereocenters. The lowest BCUT2D eigenvalue weighted by Gasteiger charge is -2.45. The van der Waals surface area contributed by atoms with Gasteiger partial charge in [0.05, 0.1) is 0 Å². The average molecular weight is 210 g/mol. The van der Waals surface area contributed by atoms with Gasteiger partial charge in [0.25, 0.3) is 0 Å². The van der Waals surface area contributed by atoms with Gasteiger partial charge in [0.15, 0.2) is 0 Å². The van der Waals surface area contributed by atoms with E-state index in [4.69, 9.17) is 0 Å². The summed E-state index contributed by atoms with van der Waals surface area (Å²) < 4.78 is 0. The molecule has 3 atom stereocenters. The number of hydrogen-bond acceptors (Lipinski definition) is 2. The summed E-state index contributed by atoms with van der Waals surface area (Å²) in [4.78, 5) is 2.76. The van der Waals surface area contributed by atoms with Gasteiger partial charge < -0.3 is 5.32 Å². The predicted octanol–water partition coefficient (Wildman–Crippen LogP) is 2.25. The Balaban J connectivity index is 1.91. The molecule has 1 saturated carbocycles. The van der Waals surface area contributed by atoms with E-state index in [-0.39, 0.29) is 0 Å². The first kappa shape index (κ1) is 11.4. The fourth-order valence-electron chi connectivity index (χ4n) is 3.40. The highest BCUT2D eigenvalue weighted by Crippen LogP contribution is 2.35. The van der Waals surface area contributed by atoms with Crippen molar-refractivity contribution in [2.75, 3.05) is 20.1 Å². The van der Waals surface area contributed by atoms with Crippen LogP contribution in [0.5, 0.6) is 0 Å². The van der Waals surface area contributed by atoms with Crippen molar-refractivity contribution in [2.45, 2.75) is 57.5 Å². The molecular formula is C13H26N2. The first-order chi connectivity index (χ1) is 7.31. The normalized spacial score (nSPS) is 34.8. The van der Waals surface area contributed by atoms with E-state index >= 15 is 0 Å². The molecule has 1 aliphatic heterocycles. The molecule has 1 aliphatic carbocycles. The maximum atomic E-state index is 3.37. The largest absolute Gasteiger partial charge is 0.316 e. The standard InChI is InChI=1S/C13H26N2/c1-11(14-2)10-15-9-5-7-12-6-3-4-8-13(12)15/h11-14H,3-10H2,1-2H3. The van der Waals surface area contributed by atoms with Gasteiger partial charge in [0, 0.05) is 18.6 Å². The van der Waals surface area contributed by atoms with Crippen LogP contribution in [0.2, 0.25) is 0 Å². The van der Waals surface area contributed by atoms with Gasteiger partial charge in [-0.05, 0) is 52.1 Å². The molecule has 88 valence electrons. The van der Waals surface area contributed by atoms with E-state index in [1.807, 2.05) is 0 Å². The third-order valence-corrected chi connectivity index (χ3v) is 4.36. The van der Waals surface area contributed by atoms with E-state index in [0.29, 0.717) is 6.04 Å². The lowest BCUT2D eigenvalue weighted by molar-refractivity contribution is 0.0551. The van der Waals surface area contributed by atoms with Crippen molar-refractivity contribution in [3.8, 4) is 0 Å². The van der Waals surface area contributed by atoms with Crippen LogP contribution in [-0.4, -0.2) is 37.1 Å². The first-order valence-electron chi connectivity index (χ1n) is 6.72. The number of likely N-dealkylation sites (tertiary alicyclic amines) is 1. The van der Waals surface area contributed by atoms with Crippen LogP contribution in [0, 0.1) is 5.92 Å². The predicted molar refractivity (Wildman–Crippen MR) is 65.1 cm³/mol. The van der Waals surface area contributed by atoms with Crippen LogP contribution in [0.3, 0.4) is 0 Å². The summed E-state index contributed by atoms with van der Waals surface area (Å²) in [5.74, 6) is 1.02. The molecule has 1 heterocycles. The molecular weight excluding hydrogens is 184 g/mol. The van der Waals surface area contributed by atoms with Crippen LogP contribution >= 0.6 is 0 Å². The summed E-state index contributed by atoms with van der Waals surface area (Å²) in [6.45, 7) is 4.89. The maximum Gasteiger partial charge on any atom is 0.0163 e. The summed E-state index contributed by atoms with van der Waals surface area (Å²) in [5, 5.41) is 3.37. The molecule has 0 amide bonds. The van der Waals surface area contributed by atoms with E-state index in [0.717, 1.165) is 12.0 Å². The monoisotopic (exact) mass is 210 g/mol. The van der Waals surface area contributed by atoms with Crippen molar-refractivity contribution < 1.29 is 0 Å². The molecule has 0 aromatic heterocycles. The molecule has 0 radical (unpaired) electrons. The minimum Gasteiger partial charge on any atom is -0.316 e. The molecule has 0 bridgehead atoms. The summed E-state index contributed by atoms with van der Waals surface area (Å²) in [6, 6.07) is 1.56. The number of rotatable bonds is 3. The molecule has 0 aromatic carbocycles. The van der Waals surface area contributed by atoms with Crippen LogP contribution in [-0.2, 0) is 0 Å². The molecule has 2 aliphatic rings. The third-order valence-electron chi connectivity index (χ3n) is 4.36. The first-order valence-corrected chi connectivity index (χ1v) is 6.72. The maximum absolute atomic E-state index is 3.37. The van der Waals surface area contributed by atoms with E-state index < -0.39 is 0 Å². The number of piperidine rings is 1. The number of likely N-dealkylation sites (N-methyl/N-ethyl adjacent to an activating group) is 1. The van der Waals surface area contributed by atoms with Gasteiger partial charge in [0.1, 0.15) is 0 Å². The van der Waals surface area contributed by atoms with Gasteiger partial charge in [0.2, 0.25) is 0 Å². The van der Waals surface area contributed by atoms with Crippen LogP contribution in [0.1, 0.15) is 45.4 Å². The van der Waals surface area contributed by atoms with Crippen molar-refractivity contribution in [1.29, 1.82) is 0 Å². The van der Waals surface area contributed by atoms with Gasteiger partial charge in [-0.25, -0.2) is 0 Å². The topological polar surface area (TPSA) is 15.3 Å². The second-order valence-corrected chi connectivity index (χ2v) is 5.44. The second-order valence-electron chi connectivity index (χ2n) is 5.44. The van der Waals surface area contributed by atoms with E-state index in [1.54, 1.807) is 0 Å². The molecule has 1 saturated heterocycles. The van der Waals surface area contributed by atoms with Crippen molar-refractivity contribution in [3.05, 3.63) is 0 Å². The Morgan fingerprint density at radius 2 is 1.93 bits per heavy atom. The molecule has 15 heavy (non-hydrogen) atoms. The second kappa shape index (κ2) is 5.31. The highest BCUT2D eigenvalue weighted by molar-refractivity contribution is 4.88. The Kier molecular flexibility index (Phi) is 4.04. The van der Waals surface area contributed by atoms with E-state index in [2.05, 4.69) is 24.2 Å². The Morgan fingerprint density at radius 1 is 1.20 bits per heavy atom. The minimum absolute atomic E-state index is 0.644. The molecule has 2 nitrogen and oxygen atoms in total. The zero-order chi connectivity index (χ0) is 10.7. The fraction of sp³-hybridized carbons (Fsp3) is 1.00. The number of nitrogens with one attached hydrogen (secondary N) is 1. The summed E-state index contributed by atoms with van der Waals surface area (Å²) in [5.41, 5.74) is 0. The third kappa shape index (κ3) is 2.73. The Labute approximate surface area is 94.4 Å². The average Bonchev–Trinajstić information content (AvgIpc) is 2.29. The zero-order valence-corrected chi connectivity index (χ0v) is 10.3. The van der Waals surface area contributed by atoms with Gasteiger partial charge in [-0.1, -0.05) is 12.8 Å².